The van der Waals surface area contributed by atoms with Crippen molar-refractivity contribution < 1.29 is 9.59 Å². The van der Waals surface area contributed by atoms with E-state index in [9.17, 15) is 9.59 Å². The van der Waals surface area contributed by atoms with Crippen molar-refractivity contribution in [3.05, 3.63) is 27.7 Å². The van der Waals surface area contributed by atoms with Gasteiger partial charge >= 0.3 is 0 Å². The highest BCUT2D eigenvalue weighted by atomic mass is 79.9. The fraction of sp³-hybridized carbons (Fsp3) is 0.385. The van der Waals surface area contributed by atoms with Gasteiger partial charge < -0.3 is 10.2 Å². The molecule has 1 saturated heterocycles. The van der Waals surface area contributed by atoms with Crippen LogP contribution in [0.5, 0.6) is 0 Å². The minimum Gasteiger partial charge on any atom is -0.347 e. The molecule has 1 heterocycles. The number of amides is 2. The number of halogens is 1. The lowest BCUT2D eigenvalue weighted by Crippen LogP contribution is -2.35. The Morgan fingerprint density at radius 2 is 2.00 bits per heavy atom. The zero-order valence-electron chi connectivity index (χ0n) is 10.4. The SMILES string of the molecule is Cc1cc(C)c(N2CCC(=O)NCC2=O)c(Br)c1. The van der Waals surface area contributed by atoms with Crippen molar-refractivity contribution in [1.29, 1.82) is 0 Å². The smallest absolute Gasteiger partial charge is 0.246 e. The monoisotopic (exact) mass is 310 g/mol. The lowest BCUT2D eigenvalue weighted by Gasteiger charge is -2.23. The molecule has 1 aromatic rings. The van der Waals surface area contributed by atoms with Gasteiger partial charge in [-0.1, -0.05) is 6.07 Å². The standard InChI is InChI=1S/C13H15BrN2O2/c1-8-5-9(2)13(10(14)6-8)16-4-3-11(17)15-7-12(16)18/h5-6H,3-4,7H2,1-2H3,(H,15,17). The summed E-state index contributed by atoms with van der Waals surface area (Å²) in [4.78, 5) is 25.0. The fourth-order valence-electron chi connectivity index (χ4n) is 2.18. The number of aryl methyl sites for hydroxylation is 2. The highest BCUT2D eigenvalue weighted by Gasteiger charge is 2.24. The number of rotatable bonds is 1. The van der Waals surface area contributed by atoms with Crippen molar-refractivity contribution in [2.24, 2.45) is 0 Å². The molecule has 1 aliphatic rings. The van der Waals surface area contributed by atoms with Crippen molar-refractivity contribution in [2.45, 2.75) is 20.3 Å². The zero-order chi connectivity index (χ0) is 13.3. The molecule has 2 amide bonds. The second-order valence-corrected chi connectivity index (χ2v) is 5.34. The van der Waals surface area contributed by atoms with E-state index in [2.05, 4.69) is 21.2 Å². The van der Waals surface area contributed by atoms with Gasteiger partial charge in [-0.25, -0.2) is 0 Å². The summed E-state index contributed by atoms with van der Waals surface area (Å²) in [6, 6.07) is 4.02. The predicted molar refractivity (Wildman–Crippen MR) is 73.6 cm³/mol. The Morgan fingerprint density at radius 1 is 1.28 bits per heavy atom. The number of carbonyl (C=O) groups excluding carboxylic acids is 2. The molecule has 18 heavy (non-hydrogen) atoms. The van der Waals surface area contributed by atoms with Crippen molar-refractivity contribution in [2.75, 3.05) is 18.0 Å². The van der Waals surface area contributed by atoms with Gasteiger partial charge in [-0.2, -0.15) is 0 Å². The lowest BCUT2D eigenvalue weighted by molar-refractivity contribution is -0.123. The van der Waals surface area contributed by atoms with Crippen LogP contribution in [0.15, 0.2) is 16.6 Å². The molecule has 2 rings (SSSR count). The van der Waals surface area contributed by atoms with E-state index in [1.807, 2.05) is 26.0 Å². The summed E-state index contributed by atoms with van der Waals surface area (Å²) in [5.74, 6) is -0.153. The van der Waals surface area contributed by atoms with Gasteiger partial charge in [-0.3, -0.25) is 9.59 Å². The molecule has 1 N–H and O–H groups in total. The third-order valence-electron chi connectivity index (χ3n) is 2.97. The van der Waals surface area contributed by atoms with Crippen LogP contribution in [-0.4, -0.2) is 24.9 Å². The molecule has 1 fully saturated rings. The van der Waals surface area contributed by atoms with Crippen LogP contribution < -0.4 is 10.2 Å². The number of hydrogen-bond acceptors (Lipinski definition) is 2. The largest absolute Gasteiger partial charge is 0.347 e. The van der Waals surface area contributed by atoms with Gasteiger partial charge in [0.1, 0.15) is 0 Å². The van der Waals surface area contributed by atoms with E-state index in [4.69, 9.17) is 0 Å². The summed E-state index contributed by atoms with van der Waals surface area (Å²) < 4.78 is 0.891. The van der Waals surface area contributed by atoms with Crippen molar-refractivity contribution >= 4 is 33.4 Å². The van der Waals surface area contributed by atoms with Crippen molar-refractivity contribution in [3.63, 3.8) is 0 Å². The van der Waals surface area contributed by atoms with Crippen molar-refractivity contribution in [1.82, 2.24) is 5.32 Å². The molecule has 5 heteroatoms. The van der Waals surface area contributed by atoms with E-state index in [1.54, 1.807) is 4.90 Å². The quantitative estimate of drug-likeness (QED) is 0.861. The first-order valence-electron chi connectivity index (χ1n) is 5.83. The predicted octanol–water partition coefficient (Wildman–Crippen LogP) is 1.92. The van der Waals surface area contributed by atoms with E-state index in [1.165, 1.54) is 0 Å². The molecule has 0 saturated carbocycles. The highest BCUT2D eigenvalue weighted by Crippen LogP contribution is 2.31. The molecule has 0 aliphatic carbocycles. The maximum absolute atomic E-state index is 12.0. The number of nitrogens with zero attached hydrogens (tertiary/aromatic N) is 1. The van der Waals surface area contributed by atoms with Crippen LogP contribution in [0.2, 0.25) is 0 Å². The molecular weight excluding hydrogens is 296 g/mol. The van der Waals surface area contributed by atoms with Gasteiger partial charge in [-0.15, -0.1) is 0 Å². The molecule has 0 radical (unpaired) electrons. The third-order valence-corrected chi connectivity index (χ3v) is 3.57. The van der Waals surface area contributed by atoms with Gasteiger partial charge in [-0.05, 0) is 47.0 Å². The van der Waals surface area contributed by atoms with Crippen molar-refractivity contribution in [3.8, 4) is 0 Å². The van der Waals surface area contributed by atoms with Crippen LogP contribution in [0.1, 0.15) is 17.5 Å². The van der Waals surface area contributed by atoms with E-state index < -0.39 is 0 Å². The van der Waals surface area contributed by atoms with E-state index in [0.717, 1.165) is 21.3 Å². The van der Waals surface area contributed by atoms with Gasteiger partial charge in [0.05, 0.1) is 12.2 Å². The molecule has 1 aliphatic heterocycles. The molecule has 0 bridgehead atoms. The van der Waals surface area contributed by atoms with E-state index >= 15 is 0 Å². The van der Waals surface area contributed by atoms with Crippen LogP contribution in [0.3, 0.4) is 0 Å². The number of anilines is 1. The summed E-state index contributed by atoms with van der Waals surface area (Å²) in [6.07, 6.45) is 0.339. The Balaban J connectivity index is 2.41. The first-order valence-corrected chi connectivity index (χ1v) is 6.62. The number of carbonyl (C=O) groups is 2. The zero-order valence-corrected chi connectivity index (χ0v) is 12.0. The Kier molecular flexibility index (Phi) is 3.71. The maximum atomic E-state index is 12.0. The molecular formula is C13H15BrN2O2. The summed E-state index contributed by atoms with van der Waals surface area (Å²) in [5.41, 5.74) is 3.03. The average Bonchev–Trinajstić information content (AvgIpc) is 2.43. The second kappa shape index (κ2) is 5.10. The number of benzene rings is 1. The summed E-state index contributed by atoms with van der Waals surface area (Å²) >= 11 is 3.50. The molecule has 96 valence electrons. The summed E-state index contributed by atoms with van der Waals surface area (Å²) in [6.45, 7) is 4.48. The molecule has 0 aromatic heterocycles. The Labute approximate surface area is 114 Å². The lowest BCUT2D eigenvalue weighted by atomic mass is 10.1. The van der Waals surface area contributed by atoms with Gasteiger partial charge in [0, 0.05) is 17.4 Å². The van der Waals surface area contributed by atoms with Crippen LogP contribution in [-0.2, 0) is 9.59 Å². The van der Waals surface area contributed by atoms with Gasteiger partial charge in [0.2, 0.25) is 11.8 Å². The minimum absolute atomic E-state index is 0.0680. The Hall–Kier alpha value is -1.36. The average molecular weight is 311 g/mol. The van der Waals surface area contributed by atoms with Crippen LogP contribution in [0, 0.1) is 13.8 Å². The third kappa shape index (κ3) is 2.56. The first-order chi connectivity index (χ1) is 8.49. The molecule has 0 atom stereocenters. The Bertz CT molecular complexity index is 491. The van der Waals surface area contributed by atoms with Gasteiger partial charge in [0.15, 0.2) is 0 Å². The maximum Gasteiger partial charge on any atom is 0.246 e. The minimum atomic E-state index is -0.0771. The van der Waals surface area contributed by atoms with Gasteiger partial charge in [0.25, 0.3) is 0 Å². The summed E-state index contributed by atoms with van der Waals surface area (Å²) in [5, 5.41) is 2.60. The Morgan fingerprint density at radius 3 is 2.67 bits per heavy atom. The second-order valence-electron chi connectivity index (χ2n) is 4.48. The highest BCUT2D eigenvalue weighted by molar-refractivity contribution is 9.10. The normalized spacial score (nSPS) is 16.5. The van der Waals surface area contributed by atoms with E-state index in [0.29, 0.717) is 13.0 Å². The van der Waals surface area contributed by atoms with E-state index in [-0.39, 0.29) is 18.4 Å². The molecule has 1 aromatic carbocycles. The molecule has 0 unspecified atom stereocenters. The number of nitrogens with one attached hydrogen (secondary N) is 1. The first kappa shape index (κ1) is 13.1. The summed E-state index contributed by atoms with van der Waals surface area (Å²) in [7, 11) is 0. The molecule has 4 nitrogen and oxygen atoms in total. The molecule has 0 spiro atoms. The number of hydrogen-bond donors (Lipinski definition) is 1. The van der Waals surface area contributed by atoms with Crippen LogP contribution in [0.4, 0.5) is 5.69 Å². The van der Waals surface area contributed by atoms with Crippen LogP contribution in [0.25, 0.3) is 0 Å². The fourth-order valence-corrected chi connectivity index (χ4v) is 3.07. The van der Waals surface area contributed by atoms with Crippen LogP contribution >= 0.6 is 15.9 Å². The topological polar surface area (TPSA) is 49.4 Å².